The molecule has 2 aromatic rings. The zero-order chi connectivity index (χ0) is 21.3. The third-order valence-corrected chi connectivity index (χ3v) is 5.34. The topological polar surface area (TPSA) is 79.6 Å². The van der Waals surface area contributed by atoms with Crippen LogP contribution >= 0.6 is 24.0 Å². The number of hydrogen-bond donors (Lipinski definition) is 2. The maximum atomic E-state index is 5.15. The third-order valence-electron chi connectivity index (χ3n) is 5.34. The van der Waals surface area contributed by atoms with Crippen molar-refractivity contribution >= 4 is 35.6 Å². The van der Waals surface area contributed by atoms with Gasteiger partial charge in [-0.3, -0.25) is 4.99 Å². The number of methoxy groups -OCH3 is 1. The summed E-state index contributed by atoms with van der Waals surface area (Å²) in [6.07, 6.45) is 1.92. The van der Waals surface area contributed by atoms with E-state index in [2.05, 4.69) is 70.7 Å². The first-order valence-electron chi connectivity index (χ1n) is 10.9. The van der Waals surface area contributed by atoms with Gasteiger partial charge in [-0.15, -0.1) is 24.0 Å². The first kappa shape index (κ1) is 25.4. The summed E-state index contributed by atoms with van der Waals surface area (Å²) >= 11 is 0. The molecule has 2 heterocycles. The standard InChI is InChI=1S/C22H35N7O.HI/c1-5-23-22(24-13-14-28(6-2)19-10-8-7-9-17(19)3)25-18-11-12-21-26-20(16-30-4)27-29(21)15-18;/h7-10,18H,5-6,11-16H2,1-4H3,(H2,23,24,25);1H. The fourth-order valence-corrected chi connectivity index (χ4v) is 3.83. The average Bonchev–Trinajstić information content (AvgIpc) is 3.14. The number of ether oxygens (including phenoxy) is 1. The van der Waals surface area contributed by atoms with E-state index in [1.807, 2.05) is 4.68 Å². The van der Waals surface area contributed by atoms with Gasteiger partial charge < -0.3 is 20.3 Å². The van der Waals surface area contributed by atoms with Crippen LogP contribution in [0.3, 0.4) is 0 Å². The summed E-state index contributed by atoms with van der Waals surface area (Å²) < 4.78 is 7.15. The SMILES string of the molecule is CCNC(=NCCN(CC)c1ccccc1C)NC1CCc2nc(COC)nn2C1.I. The third kappa shape index (κ3) is 7.06. The number of anilines is 1. The Kier molecular flexibility index (Phi) is 10.5. The van der Waals surface area contributed by atoms with E-state index in [0.29, 0.717) is 6.61 Å². The number of rotatable bonds is 9. The first-order valence-corrected chi connectivity index (χ1v) is 10.9. The molecular weight excluding hydrogens is 505 g/mol. The minimum atomic E-state index is 0. The van der Waals surface area contributed by atoms with Gasteiger partial charge in [0.1, 0.15) is 12.4 Å². The molecule has 1 atom stereocenters. The van der Waals surface area contributed by atoms with Crippen molar-refractivity contribution < 1.29 is 4.74 Å². The number of aryl methyl sites for hydroxylation is 2. The predicted molar refractivity (Wildman–Crippen MR) is 136 cm³/mol. The van der Waals surface area contributed by atoms with E-state index in [9.17, 15) is 0 Å². The van der Waals surface area contributed by atoms with E-state index in [0.717, 1.165) is 63.2 Å². The Balaban J connectivity index is 0.00000341. The number of guanidine groups is 1. The summed E-state index contributed by atoms with van der Waals surface area (Å²) in [5.41, 5.74) is 2.58. The van der Waals surface area contributed by atoms with Crippen LogP contribution in [0, 0.1) is 6.92 Å². The molecule has 1 aromatic heterocycles. The number of benzene rings is 1. The molecule has 0 amide bonds. The number of halogens is 1. The van der Waals surface area contributed by atoms with Crippen molar-refractivity contribution in [2.45, 2.75) is 52.8 Å². The molecule has 1 unspecified atom stereocenters. The number of hydrogen-bond acceptors (Lipinski definition) is 5. The molecule has 172 valence electrons. The van der Waals surface area contributed by atoms with Gasteiger partial charge in [0.05, 0.1) is 13.1 Å². The first-order chi connectivity index (χ1) is 14.6. The molecule has 0 spiro atoms. The van der Waals surface area contributed by atoms with Crippen LogP contribution in [0.2, 0.25) is 0 Å². The molecule has 1 aromatic carbocycles. The smallest absolute Gasteiger partial charge is 0.191 e. The highest BCUT2D eigenvalue weighted by atomic mass is 127. The second kappa shape index (κ2) is 12.8. The Bertz CT molecular complexity index is 839. The molecule has 2 N–H and O–H groups in total. The fraction of sp³-hybridized carbons (Fsp3) is 0.591. The van der Waals surface area contributed by atoms with Crippen molar-refractivity contribution in [3.8, 4) is 0 Å². The lowest BCUT2D eigenvalue weighted by atomic mass is 10.1. The highest BCUT2D eigenvalue weighted by molar-refractivity contribution is 14.0. The highest BCUT2D eigenvalue weighted by Gasteiger charge is 2.22. The van der Waals surface area contributed by atoms with Gasteiger partial charge in [0, 0.05) is 44.9 Å². The van der Waals surface area contributed by atoms with Crippen LogP contribution in [-0.2, 0) is 24.3 Å². The molecule has 3 rings (SSSR count). The normalized spacial score (nSPS) is 15.7. The van der Waals surface area contributed by atoms with Crippen molar-refractivity contribution in [1.29, 1.82) is 0 Å². The maximum Gasteiger partial charge on any atom is 0.191 e. The molecule has 1 aliphatic heterocycles. The minimum absolute atomic E-state index is 0. The molecular formula is C22H36IN7O. The van der Waals surface area contributed by atoms with E-state index in [1.165, 1.54) is 11.3 Å². The summed E-state index contributed by atoms with van der Waals surface area (Å²) in [6, 6.07) is 8.81. The number of aromatic nitrogens is 3. The van der Waals surface area contributed by atoms with Crippen molar-refractivity contribution in [2.24, 2.45) is 4.99 Å². The van der Waals surface area contributed by atoms with E-state index in [1.54, 1.807) is 7.11 Å². The minimum Gasteiger partial charge on any atom is -0.377 e. The number of nitrogens with one attached hydrogen (secondary N) is 2. The summed E-state index contributed by atoms with van der Waals surface area (Å²) in [6.45, 7) is 11.1. The largest absolute Gasteiger partial charge is 0.377 e. The van der Waals surface area contributed by atoms with Crippen LogP contribution in [0.1, 0.15) is 37.5 Å². The van der Waals surface area contributed by atoms with Gasteiger partial charge in [-0.25, -0.2) is 9.67 Å². The number of fused-ring (bicyclic) bond motifs is 1. The fourth-order valence-electron chi connectivity index (χ4n) is 3.83. The lowest BCUT2D eigenvalue weighted by Crippen LogP contribution is -2.47. The van der Waals surface area contributed by atoms with Gasteiger partial charge in [-0.05, 0) is 38.8 Å². The lowest BCUT2D eigenvalue weighted by Gasteiger charge is -2.26. The van der Waals surface area contributed by atoms with Crippen LogP contribution in [-0.4, -0.2) is 60.1 Å². The number of nitrogens with zero attached hydrogens (tertiary/aromatic N) is 5. The molecule has 0 fully saturated rings. The molecule has 0 saturated heterocycles. The summed E-state index contributed by atoms with van der Waals surface area (Å²) in [7, 11) is 1.67. The molecule has 8 nitrogen and oxygen atoms in total. The lowest BCUT2D eigenvalue weighted by molar-refractivity contribution is 0.177. The van der Waals surface area contributed by atoms with Gasteiger partial charge in [-0.1, -0.05) is 18.2 Å². The summed E-state index contributed by atoms with van der Waals surface area (Å²) in [5, 5.41) is 11.5. The molecule has 1 aliphatic rings. The zero-order valence-electron chi connectivity index (χ0n) is 19.1. The van der Waals surface area contributed by atoms with Crippen LogP contribution < -0.4 is 15.5 Å². The molecule has 0 bridgehead atoms. The van der Waals surface area contributed by atoms with E-state index in [4.69, 9.17) is 9.73 Å². The predicted octanol–water partition coefficient (Wildman–Crippen LogP) is 2.75. The summed E-state index contributed by atoms with van der Waals surface area (Å²) in [4.78, 5) is 11.8. The molecule has 0 radical (unpaired) electrons. The average molecular weight is 541 g/mol. The van der Waals surface area contributed by atoms with Crippen molar-refractivity contribution in [2.75, 3.05) is 38.2 Å². The van der Waals surface area contributed by atoms with Gasteiger partial charge in [-0.2, -0.15) is 5.10 Å². The van der Waals surface area contributed by atoms with Crippen LogP contribution in [0.4, 0.5) is 5.69 Å². The van der Waals surface area contributed by atoms with Gasteiger partial charge in [0.2, 0.25) is 0 Å². The van der Waals surface area contributed by atoms with Gasteiger partial charge >= 0.3 is 0 Å². The van der Waals surface area contributed by atoms with Gasteiger partial charge in [0.15, 0.2) is 11.8 Å². The Morgan fingerprint density at radius 1 is 1.32 bits per heavy atom. The Hall–Kier alpha value is -1.88. The Labute approximate surface area is 202 Å². The van der Waals surface area contributed by atoms with E-state index >= 15 is 0 Å². The molecule has 31 heavy (non-hydrogen) atoms. The second-order valence-corrected chi connectivity index (χ2v) is 7.57. The monoisotopic (exact) mass is 541 g/mol. The zero-order valence-corrected chi connectivity index (χ0v) is 21.4. The van der Waals surface area contributed by atoms with Crippen molar-refractivity contribution in [3.63, 3.8) is 0 Å². The molecule has 0 saturated carbocycles. The number of para-hydroxylation sites is 1. The number of aliphatic imine (C=N–C) groups is 1. The van der Waals surface area contributed by atoms with Crippen molar-refractivity contribution in [1.82, 2.24) is 25.4 Å². The van der Waals surface area contributed by atoms with E-state index in [-0.39, 0.29) is 30.0 Å². The van der Waals surface area contributed by atoms with Crippen LogP contribution in [0.5, 0.6) is 0 Å². The highest BCUT2D eigenvalue weighted by Crippen LogP contribution is 2.18. The molecule has 0 aliphatic carbocycles. The second-order valence-electron chi connectivity index (χ2n) is 7.57. The Morgan fingerprint density at radius 3 is 2.84 bits per heavy atom. The van der Waals surface area contributed by atoms with Crippen LogP contribution in [0.25, 0.3) is 0 Å². The van der Waals surface area contributed by atoms with Gasteiger partial charge in [0.25, 0.3) is 0 Å². The summed E-state index contributed by atoms with van der Waals surface area (Å²) in [5.74, 6) is 2.66. The van der Waals surface area contributed by atoms with Crippen molar-refractivity contribution in [3.05, 3.63) is 41.5 Å². The quantitative estimate of drug-likeness (QED) is 0.289. The Morgan fingerprint density at radius 2 is 2.13 bits per heavy atom. The maximum absolute atomic E-state index is 5.15. The van der Waals surface area contributed by atoms with E-state index < -0.39 is 0 Å². The number of likely N-dealkylation sites (N-methyl/N-ethyl adjacent to an activating group) is 1. The van der Waals surface area contributed by atoms with Crippen LogP contribution in [0.15, 0.2) is 29.3 Å². The molecule has 9 heteroatoms.